The van der Waals surface area contributed by atoms with Crippen LogP contribution in [0.4, 0.5) is 5.69 Å². The van der Waals surface area contributed by atoms with Gasteiger partial charge < -0.3 is 10.4 Å². The van der Waals surface area contributed by atoms with Gasteiger partial charge in [0, 0.05) is 17.8 Å². The molecule has 64 valence electrons. The topological polar surface area (TPSA) is 32.3 Å². The summed E-state index contributed by atoms with van der Waals surface area (Å²) in [5.74, 6) is 0. The predicted molar refractivity (Wildman–Crippen MR) is 49.3 cm³/mol. The summed E-state index contributed by atoms with van der Waals surface area (Å²) in [6, 6.07) is 6.09. The third kappa shape index (κ3) is 0.994. The Hall–Kier alpha value is -1.02. The fraction of sp³-hybridized carbons (Fsp3) is 0.400. The smallest absolute Gasteiger partial charge is 0.0982 e. The zero-order chi connectivity index (χ0) is 8.55. The minimum atomic E-state index is -0.313. The van der Waals surface area contributed by atoms with Crippen molar-refractivity contribution < 1.29 is 5.11 Å². The molecule has 1 aromatic rings. The van der Waals surface area contributed by atoms with Crippen molar-refractivity contribution in [1.82, 2.24) is 0 Å². The van der Waals surface area contributed by atoms with E-state index in [-0.39, 0.29) is 6.10 Å². The zero-order valence-corrected chi connectivity index (χ0v) is 7.17. The Morgan fingerprint density at radius 1 is 1.58 bits per heavy atom. The lowest BCUT2D eigenvalue weighted by Crippen LogP contribution is -1.99. The molecule has 2 nitrogen and oxygen atoms in total. The first kappa shape index (κ1) is 7.62. The van der Waals surface area contributed by atoms with Crippen LogP contribution < -0.4 is 5.32 Å². The van der Waals surface area contributed by atoms with Crippen molar-refractivity contribution >= 4 is 5.69 Å². The van der Waals surface area contributed by atoms with Crippen molar-refractivity contribution in [3.8, 4) is 0 Å². The second-order valence-corrected chi connectivity index (χ2v) is 3.13. The lowest BCUT2D eigenvalue weighted by molar-refractivity contribution is 0.199. The Balaban J connectivity index is 2.50. The average Bonchev–Trinajstić information content (AvgIpc) is 2.48. The second kappa shape index (κ2) is 2.79. The van der Waals surface area contributed by atoms with E-state index >= 15 is 0 Å². The molecule has 0 saturated heterocycles. The SMILES string of the molecule is CCc1cccc2c1NCC2O. The van der Waals surface area contributed by atoms with Crippen LogP contribution in [-0.2, 0) is 6.42 Å². The van der Waals surface area contributed by atoms with E-state index in [0.29, 0.717) is 6.54 Å². The van der Waals surface area contributed by atoms with Crippen molar-refractivity contribution in [1.29, 1.82) is 0 Å². The monoisotopic (exact) mass is 163 g/mol. The molecule has 2 rings (SSSR count). The molecule has 0 spiro atoms. The number of rotatable bonds is 1. The maximum Gasteiger partial charge on any atom is 0.0982 e. The maximum atomic E-state index is 9.54. The predicted octanol–water partition coefficient (Wildman–Crippen LogP) is 1.71. The first-order valence-electron chi connectivity index (χ1n) is 4.36. The number of para-hydroxylation sites is 1. The molecule has 12 heavy (non-hydrogen) atoms. The molecule has 0 aromatic heterocycles. The van der Waals surface area contributed by atoms with Crippen LogP contribution >= 0.6 is 0 Å². The Bertz CT molecular complexity index is 296. The molecule has 0 amide bonds. The highest BCUT2D eigenvalue weighted by Crippen LogP contribution is 2.32. The molecule has 1 heterocycles. The number of aryl methyl sites for hydroxylation is 1. The molecule has 0 saturated carbocycles. The Kier molecular flexibility index (Phi) is 1.77. The lowest BCUT2D eigenvalue weighted by atomic mass is 10.0. The van der Waals surface area contributed by atoms with Gasteiger partial charge in [-0.25, -0.2) is 0 Å². The Morgan fingerprint density at radius 2 is 2.42 bits per heavy atom. The van der Waals surface area contributed by atoms with E-state index in [1.54, 1.807) is 0 Å². The standard InChI is InChI=1S/C10H13NO/c1-2-7-4-3-5-8-9(12)6-11-10(7)8/h3-5,9,11-12H,2,6H2,1H3. The van der Waals surface area contributed by atoms with Crippen molar-refractivity contribution in [3.63, 3.8) is 0 Å². The molecule has 2 heteroatoms. The number of benzene rings is 1. The molecule has 1 aliphatic rings. The molecule has 1 aliphatic heterocycles. The van der Waals surface area contributed by atoms with Crippen molar-refractivity contribution in [2.75, 3.05) is 11.9 Å². The van der Waals surface area contributed by atoms with Crippen LogP contribution in [0.5, 0.6) is 0 Å². The average molecular weight is 163 g/mol. The van der Waals surface area contributed by atoms with E-state index in [1.807, 2.05) is 12.1 Å². The van der Waals surface area contributed by atoms with E-state index in [1.165, 1.54) is 5.56 Å². The summed E-state index contributed by atoms with van der Waals surface area (Å²) in [4.78, 5) is 0. The summed E-state index contributed by atoms with van der Waals surface area (Å²) >= 11 is 0. The van der Waals surface area contributed by atoms with Gasteiger partial charge in [0.15, 0.2) is 0 Å². The van der Waals surface area contributed by atoms with Crippen LogP contribution in [0.25, 0.3) is 0 Å². The van der Waals surface area contributed by atoms with Gasteiger partial charge >= 0.3 is 0 Å². The molecule has 0 fully saturated rings. The molecule has 1 atom stereocenters. The number of anilines is 1. The summed E-state index contributed by atoms with van der Waals surface area (Å²) in [6.45, 7) is 2.79. The highest BCUT2D eigenvalue weighted by atomic mass is 16.3. The van der Waals surface area contributed by atoms with E-state index < -0.39 is 0 Å². The number of aliphatic hydroxyl groups is 1. The molecular weight excluding hydrogens is 150 g/mol. The lowest BCUT2D eigenvalue weighted by Gasteiger charge is -2.05. The van der Waals surface area contributed by atoms with Gasteiger partial charge in [-0.15, -0.1) is 0 Å². The number of hydrogen-bond donors (Lipinski definition) is 2. The molecule has 1 unspecified atom stereocenters. The highest BCUT2D eigenvalue weighted by molar-refractivity contribution is 5.62. The Morgan fingerprint density at radius 3 is 3.17 bits per heavy atom. The minimum absolute atomic E-state index is 0.313. The molecule has 1 aromatic carbocycles. The third-order valence-corrected chi connectivity index (χ3v) is 2.40. The fourth-order valence-corrected chi connectivity index (χ4v) is 1.72. The summed E-state index contributed by atoms with van der Waals surface area (Å²) in [5.41, 5.74) is 3.49. The van der Waals surface area contributed by atoms with Gasteiger partial charge in [0.05, 0.1) is 6.10 Å². The number of nitrogens with one attached hydrogen (secondary N) is 1. The quantitative estimate of drug-likeness (QED) is 0.660. The maximum absolute atomic E-state index is 9.54. The number of hydrogen-bond acceptors (Lipinski definition) is 2. The minimum Gasteiger partial charge on any atom is -0.386 e. The highest BCUT2D eigenvalue weighted by Gasteiger charge is 2.20. The van der Waals surface area contributed by atoms with Crippen molar-refractivity contribution in [3.05, 3.63) is 29.3 Å². The van der Waals surface area contributed by atoms with Crippen LogP contribution in [0.15, 0.2) is 18.2 Å². The van der Waals surface area contributed by atoms with Gasteiger partial charge in [0.2, 0.25) is 0 Å². The van der Waals surface area contributed by atoms with Crippen molar-refractivity contribution in [2.24, 2.45) is 0 Å². The van der Waals surface area contributed by atoms with E-state index in [0.717, 1.165) is 17.7 Å². The fourth-order valence-electron chi connectivity index (χ4n) is 1.72. The molecule has 0 bridgehead atoms. The zero-order valence-electron chi connectivity index (χ0n) is 7.17. The van der Waals surface area contributed by atoms with E-state index in [9.17, 15) is 5.11 Å². The van der Waals surface area contributed by atoms with Gasteiger partial charge in [0.25, 0.3) is 0 Å². The van der Waals surface area contributed by atoms with Crippen LogP contribution in [0.3, 0.4) is 0 Å². The van der Waals surface area contributed by atoms with E-state index in [2.05, 4.69) is 18.3 Å². The molecule has 2 N–H and O–H groups in total. The third-order valence-electron chi connectivity index (χ3n) is 2.40. The summed E-state index contributed by atoms with van der Waals surface area (Å²) in [6.07, 6.45) is 0.703. The van der Waals surface area contributed by atoms with Crippen LogP contribution in [0.1, 0.15) is 24.2 Å². The summed E-state index contributed by atoms with van der Waals surface area (Å²) in [7, 11) is 0. The van der Waals surface area contributed by atoms with Gasteiger partial charge in [0.1, 0.15) is 0 Å². The Labute approximate surface area is 72.2 Å². The molecule has 0 radical (unpaired) electrons. The van der Waals surface area contributed by atoms with Gasteiger partial charge in [-0.2, -0.15) is 0 Å². The number of aliphatic hydroxyl groups excluding tert-OH is 1. The second-order valence-electron chi connectivity index (χ2n) is 3.13. The van der Waals surface area contributed by atoms with Crippen LogP contribution in [0.2, 0.25) is 0 Å². The van der Waals surface area contributed by atoms with Gasteiger partial charge in [-0.1, -0.05) is 25.1 Å². The van der Waals surface area contributed by atoms with Gasteiger partial charge in [-0.3, -0.25) is 0 Å². The van der Waals surface area contributed by atoms with Crippen LogP contribution in [-0.4, -0.2) is 11.7 Å². The summed E-state index contributed by atoms with van der Waals surface area (Å²) < 4.78 is 0. The normalized spacial score (nSPS) is 20.3. The van der Waals surface area contributed by atoms with Crippen LogP contribution in [0, 0.1) is 0 Å². The largest absolute Gasteiger partial charge is 0.386 e. The molecule has 0 aliphatic carbocycles. The van der Waals surface area contributed by atoms with Crippen molar-refractivity contribution in [2.45, 2.75) is 19.4 Å². The first-order chi connectivity index (χ1) is 5.83. The number of β-amino-alcohol motifs (C(OH)–C–C–N with tert-alkyl or cyclic N) is 1. The summed E-state index contributed by atoms with van der Waals surface area (Å²) in [5, 5.41) is 12.8. The molecular formula is C10H13NO. The van der Waals surface area contributed by atoms with E-state index in [4.69, 9.17) is 0 Å². The number of fused-ring (bicyclic) bond motifs is 1. The first-order valence-corrected chi connectivity index (χ1v) is 4.36. The van der Waals surface area contributed by atoms with Gasteiger partial charge in [-0.05, 0) is 12.0 Å².